The molecule has 0 bridgehead atoms. The maximum atomic E-state index is 13.5. The molecule has 0 aromatic heterocycles. The average Bonchev–Trinajstić information content (AvgIpc) is 3.30. The average molecular weight is 494 g/mol. The summed E-state index contributed by atoms with van der Waals surface area (Å²) >= 11 is 0. The third kappa shape index (κ3) is 6.74. The molecule has 0 spiro atoms. The molecule has 3 aliphatic rings. The van der Waals surface area contributed by atoms with Gasteiger partial charge in [0.2, 0.25) is 11.8 Å². The molecule has 3 N–H and O–H groups in total. The monoisotopic (exact) mass is 493 g/mol. The highest BCUT2D eigenvalue weighted by Gasteiger charge is 2.62. The fourth-order valence-corrected chi connectivity index (χ4v) is 4.77. The second-order valence-electron chi connectivity index (χ2n) is 10.7. The van der Waals surface area contributed by atoms with Gasteiger partial charge in [0, 0.05) is 18.9 Å². The van der Waals surface area contributed by atoms with Crippen molar-refractivity contribution in [2.24, 2.45) is 5.92 Å². The van der Waals surface area contributed by atoms with Crippen molar-refractivity contribution in [3.8, 4) is 0 Å². The summed E-state index contributed by atoms with van der Waals surface area (Å²) in [5.74, 6) is -1.62. The molecule has 0 unspecified atom stereocenters. The zero-order valence-corrected chi connectivity index (χ0v) is 21.2. The molecule has 1 saturated carbocycles. The number of carbonyl (C=O) groups is 4. The van der Waals surface area contributed by atoms with E-state index >= 15 is 0 Å². The first-order valence-corrected chi connectivity index (χ1v) is 12.6. The summed E-state index contributed by atoms with van der Waals surface area (Å²) < 4.78 is 10.6. The summed E-state index contributed by atoms with van der Waals surface area (Å²) in [6, 6.07) is -1.85. The van der Waals surface area contributed by atoms with E-state index in [1.54, 1.807) is 27.7 Å². The number of nitrogens with one attached hydrogen (secondary N) is 2. The molecule has 3 amide bonds. The molecular formula is C25H39N3O7. The van der Waals surface area contributed by atoms with Crippen LogP contribution in [0.1, 0.15) is 72.6 Å². The van der Waals surface area contributed by atoms with E-state index in [0.717, 1.165) is 19.3 Å². The van der Waals surface area contributed by atoms with Crippen LogP contribution < -0.4 is 10.6 Å². The standard InChI is InChI=1S/C25H39N3O7/c1-5-34-22(32)25-14-16(25)11-9-7-6-8-10-12-18(26-23(33)35-24(2,3)4)21(31)28-15-17(29)13-19(28)20(30)27-25/h9,11,16-19,29H,5-8,10,12-15H2,1-4H3,(H,26,33)(H,27,30)/b11-9+/t16-,17+,18+,19+,25-/m1/s1. The van der Waals surface area contributed by atoms with Crippen molar-refractivity contribution in [3.63, 3.8) is 0 Å². The number of carbonyl (C=O) groups excluding carboxylic acids is 4. The Morgan fingerprint density at radius 3 is 2.69 bits per heavy atom. The first kappa shape index (κ1) is 27.0. The lowest BCUT2D eigenvalue weighted by molar-refractivity contribution is -0.150. The van der Waals surface area contributed by atoms with Crippen molar-refractivity contribution in [2.75, 3.05) is 13.2 Å². The van der Waals surface area contributed by atoms with Crippen LogP contribution in [-0.2, 0) is 23.9 Å². The molecule has 10 nitrogen and oxygen atoms in total. The molecule has 35 heavy (non-hydrogen) atoms. The number of fused-ring (bicyclic) bond motifs is 2. The number of allylic oxidation sites excluding steroid dienone is 1. The van der Waals surface area contributed by atoms with E-state index in [0.29, 0.717) is 19.3 Å². The Hall–Kier alpha value is -2.62. The van der Waals surface area contributed by atoms with Gasteiger partial charge in [0.15, 0.2) is 0 Å². The van der Waals surface area contributed by atoms with E-state index in [1.807, 2.05) is 12.2 Å². The maximum Gasteiger partial charge on any atom is 0.408 e. The van der Waals surface area contributed by atoms with Gasteiger partial charge in [-0.05, 0) is 53.4 Å². The minimum atomic E-state index is -1.15. The molecule has 1 saturated heterocycles. The molecule has 2 heterocycles. The first-order valence-electron chi connectivity index (χ1n) is 12.6. The van der Waals surface area contributed by atoms with Crippen molar-refractivity contribution < 1.29 is 33.8 Å². The van der Waals surface area contributed by atoms with Crippen LogP contribution in [0.25, 0.3) is 0 Å². The topological polar surface area (TPSA) is 134 Å². The van der Waals surface area contributed by atoms with Crippen LogP contribution in [0.2, 0.25) is 0 Å². The van der Waals surface area contributed by atoms with Crippen molar-refractivity contribution in [1.82, 2.24) is 15.5 Å². The molecule has 0 aromatic rings. The quantitative estimate of drug-likeness (QED) is 0.403. The predicted molar refractivity (Wildman–Crippen MR) is 127 cm³/mol. The zero-order valence-electron chi connectivity index (χ0n) is 21.2. The van der Waals surface area contributed by atoms with Crippen molar-refractivity contribution in [2.45, 2.75) is 102 Å². The Morgan fingerprint density at radius 2 is 2.00 bits per heavy atom. The van der Waals surface area contributed by atoms with Gasteiger partial charge in [-0.1, -0.05) is 25.0 Å². The highest BCUT2D eigenvalue weighted by Crippen LogP contribution is 2.46. The number of rotatable bonds is 3. The normalized spacial score (nSPS) is 32.8. The molecule has 196 valence electrons. The summed E-state index contributed by atoms with van der Waals surface area (Å²) in [6.07, 6.45) is 6.49. The lowest BCUT2D eigenvalue weighted by Gasteiger charge is -2.30. The number of ether oxygens (including phenoxy) is 2. The highest BCUT2D eigenvalue weighted by atomic mass is 16.6. The van der Waals surface area contributed by atoms with Gasteiger partial charge in [0.25, 0.3) is 0 Å². The van der Waals surface area contributed by atoms with Gasteiger partial charge in [-0.15, -0.1) is 0 Å². The third-order valence-electron chi connectivity index (χ3n) is 6.59. The lowest BCUT2D eigenvalue weighted by Crippen LogP contribution is -2.56. The Bertz CT molecular complexity index is 852. The zero-order chi connectivity index (χ0) is 25.8. The molecule has 10 heteroatoms. The summed E-state index contributed by atoms with van der Waals surface area (Å²) in [4.78, 5) is 53.4. The number of nitrogens with zero attached hydrogens (tertiary/aromatic N) is 1. The molecule has 2 fully saturated rings. The summed E-state index contributed by atoms with van der Waals surface area (Å²) in [5, 5.41) is 15.8. The number of aliphatic hydroxyl groups is 1. The summed E-state index contributed by atoms with van der Waals surface area (Å²) in [6.45, 7) is 7.08. The minimum Gasteiger partial charge on any atom is -0.464 e. The number of hydrogen-bond acceptors (Lipinski definition) is 7. The van der Waals surface area contributed by atoms with Crippen LogP contribution in [0, 0.1) is 5.92 Å². The predicted octanol–water partition coefficient (Wildman–Crippen LogP) is 1.80. The number of alkyl carbamates (subject to hydrolysis) is 1. The lowest BCUT2D eigenvalue weighted by atomic mass is 10.0. The number of esters is 1. The van der Waals surface area contributed by atoms with Crippen LogP contribution in [0.4, 0.5) is 4.79 Å². The van der Waals surface area contributed by atoms with Crippen molar-refractivity contribution in [3.05, 3.63) is 12.2 Å². The minimum absolute atomic E-state index is 0.0286. The second-order valence-corrected chi connectivity index (χ2v) is 10.7. The fraction of sp³-hybridized carbons (Fsp3) is 0.760. The number of aliphatic hydroxyl groups excluding tert-OH is 1. The highest BCUT2D eigenvalue weighted by molar-refractivity contribution is 5.96. The van der Waals surface area contributed by atoms with Gasteiger partial charge in [-0.3, -0.25) is 9.59 Å². The fourth-order valence-electron chi connectivity index (χ4n) is 4.77. The Labute approximate surface area is 206 Å². The van der Waals surface area contributed by atoms with E-state index in [1.165, 1.54) is 4.90 Å². The Morgan fingerprint density at radius 1 is 1.26 bits per heavy atom. The van der Waals surface area contributed by atoms with E-state index in [-0.39, 0.29) is 25.5 Å². The summed E-state index contributed by atoms with van der Waals surface area (Å²) in [5.41, 5.74) is -1.88. The van der Waals surface area contributed by atoms with E-state index in [2.05, 4.69) is 10.6 Å². The Kier molecular flexibility index (Phi) is 8.46. The molecule has 3 rings (SSSR count). The van der Waals surface area contributed by atoms with Crippen LogP contribution >= 0.6 is 0 Å². The summed E-state index contributed by atoms with van der Waals surface area (Å²) in [7, 11) is 0. The van der Waals surface area contributed by atoms with Crippen LogP contribution in [0.5, 0.6) is 0 Å². The van der Waals surface area contributed by atoms with Crippen LogP contribution in [0.15, 0.2) is 12.2 Å². The molecule has 5 atom stereocenters. The smallest absolute Gasteiger partial charge is 0.408 e. The van der Waals surface area contributed by atoms with Gasteiger partial charge >= 0.3 is 12.1 Å². The second kappa shape index (κ2) is 11.0. The van der Waals surface area contributed by atoms with E-state index in [4.69, 9.17) is 9.47 Å². The van der Waals surface area contributed by atoms with Gasteiger partial charge in [0.1, 0.15) is 23.2 Å². The van der Waals surface area contributed by atoms with Crippen molar-refractivity contribution >= 4 is 23.9 Å². The largest absolute Gasteiger partial charge is 0.464 e. The van der Waals surface area contributed by atoms with Gasteiger partial charge in [0.05, 0.1) is 12.7 Å². The van der Waals surface area contributed by atoms with Gasteiger partial charge in [-0.25, -0.2) is 9.59 Å². The molecular weight excluding hydrogens is 454 g/mol. The van der Waals surface area contributed by atoms with Gasteiger partial charge < -0.3 is 30.1 Å². The van der Waals surface area contributed by atoms with E-state index < -0.39 is 53.2 Å². The van der Waals surface area contributed by atoms with E-state index in [9.17, 15) is 24.3 Å². The van der Waals surface area contributed by atoms with Crippen molar-refractivity contribution in [1.29, 1.82) is 0 Å². The molecule has 1 aliphatic carbocycles. The SMILES string of the molecule is CCOC(=O)[C@@]12C[C@H]1/C=C/CCCCC[C@H](NC(=O)OC(C)(C)C)C(=O)N1C[C@@H](O)C[C@H]1C(=O)N2. The van der Waals surface area contributed by atoms with Crippen LogP contribution in [0.3, 0.4) is 0 Å². The molecule has 2 aliphatic heterocycles. The maximum absolute atomic E-state index is 13.5. The number of hydrogen-bond donors (Lipinski definition) is 3. The Balaban J connectivity index is 1.84. The number of amides is 3. The molecule has 0 aromatic carbocycles. The molecule has 0 radical (unpaired) electrons. The van der Waals surface area contributed by atoms with Gasteiger partial charge in [-0.2, -0.15) is 0 Å². The first-order chi connectivity index (χ1) is 16.5. The van der Waals surface area contributed by atoms with Crippen LogP contribution in [-0.4, -0.2) is 76.4 Å². The third-order valence-corrected chi connectivity index (χ3v) is 6.59.